The fourth-order valence-electron chi connectivity index (χ4n) is 2.93. The third-order valence-corrected chi connectivity index (χ3v) is 5.75. The van der Waals surface area contributed by atoms with Crippen molar-refractivity contribution in [2.24, 2.45) is 7.05 Å². The Balaban J connectivity index is 1.52. The van der Waals surface area contributed by atoms with Gasteiger partial charge in [0.2, 0.25) is 5.91 Å². The van der Waals surface area contributed by atoms with Gasteiger partial charge in [0.15, 0.2) is 11.0 Å². The maximum absolute atomic E-state index is 12.0. The number of hydrogen-bond donors (Lipinski definition) is 1. The zero-order valence-corrected chi connectivity index (χ0v) is 16.6. The number of hydrogen-bond acceptors (Lipinski definition) is 5. The summed E-state index contributed by atoms with van der Waals surface area (Å²) in [6.45, 7) is 2.25. The molecular weight excluding hydrogens is 372 g/mol. The van der Waals surface area contributed by atoms with Crippen molar-refractivity contribution in [2.75, 3.05) is 5.75 Å². The first-order chi connectivity index (χ1) is 12.5. The number of benzene rings is 1. The predicted octanol–water partition coefficient (Wildman–Crippen LogP) is 3.51. The number of aromatic nitrogens is 3. The van der Waals surface area contributed by atoms with Crippen molar-refractivity contribution in [2.45, 2.75) is 50.4 Å². The number of rotatable bonds is 7. The molecule has 1 saturated carbocycles. The van der Waals surface area contributed by atoms with Gasteiger partial charge in [-0.1, -0.05) is 42.3 Å². The number of aryl methyl sites for hydroxylation is 1. The molecule has 0 unspecified atom stereocenters. The highest BCUT2D eigenvalue weighted by Crippen LogP contribution is 2.26. The third-order valence-electron chi connectivity index (χ3n) is 4.42. The molecular formula is C18H23ClN4O2S. The molecule has 1 heterocycles. The van der Waals surface area contributed by atoms with Crippen molar-refractivity contribution in [3.05, 3.63) is 34.6 Å². The monoisotopic (exact) mass is 394 g/mol. The lowest BCUT2D eigenvalue weighted by molar-refractivity contribution is -0.119. The zero-order valence-electron chi connectivity index (χ0n) is 15.0. The van der Waals surface area contributed by atoms with E-state index in [0.717, 1.165) is 18.4 Å². The Labute approximate surface area is 162 Å². The van der Waals surface area contributed by atoms with Crippen LogP contribution < -0.4 is 10.1 Å². The second-order valence-electron chi connectivity index (χ2n) is 6.52. The molecule has 26 heavy (non-hydrogen) atoms. The van der Waals surface area contributed by atoms with E-state index in [0.29, 0.717) is 33.5 Å². The number of halogens is 1. The van der Waals surface area contributed by atoms with Gasteiger partial charge in [-0.25, -0.2) is 0 Å². The second kappa shape index (κ2) is 8.77. The first-order valence-electron chi connectivity index (χ1n) is 8.72. The summed E-state index contributed by atoms with van der Waals surface area (Å²) in [6, 6.07) is 5.98. The maximum Gasteiger partial charge on any atom is 0.230 e. The number of nitrogens with one attached hydrogen (secondary N) is 1. The van der Waals surface area contributed by atoms with Gasteiger partial charge in [0.05, 0.1) is 10.8 Å². The first-order valence-corrected chi connectivity index (χ1v) is 10.1. The third kappa shape index (κ3) is 4.92. The van der Waals surface area contributed by atoms with Crippen LogP contribution in [0.4, 0.5) is 0 Å². The van der Waals surface area contributed by atoms with Crippen molar-refractivity contribution in [3.63, 3.8) is 0 Å². The quantitative estimate of drug-likeness (QED) is 0.728. The molecule has 1 aliphatic carbocycles. The highest BCUT2D eigenvalue weighted by molar-refractivity contribution is 7.99. The minimum atomic E-state index is 0.0502. The van der Waals surface area contributed by atoms with Crippen LogP contribution in [0.25, 0.3) is 0 Å². The molecule has 0 spiro atoms. The Kier molecular flexibility index (Phi) is 6.43. The minimum absolute atomic E-state index is 0.0502. The summed E-state index contributed by atoms with van der Waals surface area (Å²) in [5.41, 5.74) is 1.08. The van der Waals surface area contributed by atoms with Gasteiger partial charge in [-0.3, -0.25) is 4.79 Å². The van der Waals surface area contributed by atoms with Gasteiger partial charge in [-0.15, -0.1) is 10.2 Å². The summed E-state index contributed by atoms with van der Waals surface area (Å²) >= 11 is 7.53. The molecule has 0 saturated heterocycles. The van der Waals surface area contributed by atoms with E-state index < -0.39 is 0 Å². The number of ether oxygens (including phenoxy) is 1. The van der Waals surface area contributed by atoms with Gasteiger partial charge in [0.25, 0.3) is 0 Å². The van der Waals surface area contributed by atoms with Crippen LogP contribution in [0.3, 0.4) is 0 Å². The van der Waals surface area contributed by atoms with E-state index in [4.69, 9.17) is 16.3 Å². The van der Waals surface area contributed by atoms with Crippen LogP contribution in [0.5, 0.6) is 5.75 Å². The van der Waals surface area contributed by atoms with E-state index in [1.807, 2.05) is 36.7 Å². The standard InChI is InChI=1S/C18H23ClN4O2S/c1-12-7-8-14(19)15(9-12)25-10-16-21-22-18(23(16)2)26-11-17(24)20-13-5-3-4-6-13/h7-9,13H,3-6,10-11H2,1-2H3,(H,20,24). The average Bonchev–Trinajstić information content (AvgIpc) is 3.24. The number of carbonyl (C=O) groups excluding carboxylic acids is 1. The van der Waals surface area contributed by atoms with E-state index in [9.17, 15) is 4.79 Å². The van der Waals surface area contributed by atoms with E-state index >= 15 is 0 Å². The summed E-state index contributed by atoms with van der Waals surface area (Å²) < 4.78 is 7.61. The van der Waals surface area contributed by atoms with Crippen LogP contribution in [0, 0.1) is 6.92 Å². The number of amides is 1. The normalized spacial score (nSPS) is 14.6. The van der Waals surface area contributed by atoms with Gasteiger partial charge < -0.3 is 14.6 Å². The Hall–Kier alpha value is -1.73. The molecule has 140 valence electrons. The van der Waals surface area contributed by atoms with Crippen molar-refractivity contribution in [1.82, 2.24) is 20.1 Å². The summed E-state index contributed by atoms with van der Waals surface area (Å²) in [5.74, 6) is 1.70. The second-order valence-corrected chi connectivity index (χ2v) is 7.87. The first kappa shape index (κ1) is 19.0. The Morgan fingerprint density at radius 2 is 2.15 bits per heavy atom. The van der Waals surface area contributed by atoms with E-state index in [-0.39, 0.29) is 12.5 Å². The fraction of sp³-hybridized carbons (Fsp3) is 0.500. The molecule has 0 aliphatic heterocycles. The molecule has 1 fully saturated rings. The SMILES string of the molecule is Cc1ccc(Cl)c(OCc2nnc(SCC(=O)NC3CCCC3)n2C)c1. The Morgan fingerprint density at radius 1 is 1.38 bits per heavy atom. The summed E-state index contributed by atoms with van der Waals surface area (Å²) in [5, 5.41) is 12.6. The van der Waals surface area contributed by atoms with Gasteiger partial charge in [0, 0.05) is 13.1 Å². The van der Waals surface area contributed by atoms with Crippen LogP contribution in [0.15, 0.2) is 23.4 Å². The van der Waals surface area contributed by atoms with Crippen molar-refractivity contribution in [1.29, 1.82) is 0 Å². The molecule has 0 atom stereocenters. The van der Waals surface area contributed by atoms with E-state index in [1.165, 1.54) is 24.6 Å². The van der Waals surface area contributed by atoms with Crippen LogP contribution in [-0.2, 0) is 18.4 Å². The van der Waals surface area contributed by atoms with Crippen LogP contribution >= 0.6 is 23.4 Å². The lowest BCUT2D eigenvalue weighted by Gasteiger charge is -2.11. The summed E-state index contributed by atoms with van der Waals surface area (Å²) in [6.07, 6.45) is 4.58. The largest absolute Gasteiger partial charge is 0.484 e. The highest BCUT2D eigenvalue weighted by atomic mass is 35.5. The Morgan fingerprint density at radius 3 is 2.92 bits per heavy atom. The van der Waals surface area contributed by atoms with Gasteiger partial charge in [-0.05, 0) is 37.5 Å². The molecule has 1 aromatic heterocycles. The van der Waals surface area contributed by atoms with Gasteiger partial charge in [-0.2, -0.15) is 0 Å². The lowest BCUT2D eigenvalue weighted by Crippen LogP contribution is -2.33. The molecule has 2 aromatic rings. The highest BCUT2D eigenvalue weighted by Gasteiger charge is 2.18. The zero-order chi connectivity index (χ0) is 18.5. The average molecular weight is 395 g/mol. The molecule has 0 bridgehead atoms. The number of carbonyl (C=O) groups is 1. The lowest BCUT2D eigenvalue weighted by atomic mass is 10.2. The molecule has 1 amide bonds. The smallest absolute Gasteiger partial charge is 0.230 e. The van der Waals surface area contributed by atoms with Gasteiger partial charge in [0.1, 0.15) is 12.4 Å². The number of nitrogens with zero attached hydrogens (tertiary/aromatic N) is 3. The number of thioether (sulfide) groups is 1. The summed E-state index contributed by atoms with van der Waals surface area (Å²) in [4.78, 5) is 12.0. The van der Waals surface area contributed by atoms with Gasteiger partial charge >= 0.3 is 0 Å². The summed E-state index contributed by atoms with van der Waals surface area (Å²) in [7, 11) is 1.87. The molecule has 3 rings (SSSR count). The minimum Gasteiger partial charge on any atom is -0.484 e. The van der Waals surface area contributed by atoms with Crippen LogP contribution in [-0.4, -0.2) is 32.5 Å². The predicted molar refractivity (Wildman–Crippen MR) is 103 cm³/mol. The molecule has 1 aliphatic rings. The molecule has 1 N–H and O–H groups in total. The molecule has 0 radical (unpaired) electrons. The van der Waals surface area contributed by atoms with Crippen LogP contribution in [0.1, 0.15) is 37.1 Å². The molecule has 1 aromatic carbocycles. The Bertz CT molecular complexity index is 775. The van der Waals surface area contributed by atoms with Crippen molar-refractivity contribution in [3.8, 4) is 5.75 Å². The van der Waals surface area contributed by atoms with Crippen LogP contribution in [0.2, 0.25) is 5.02 Å². The van der Waals surface area contributed by atoms with Crippen molar-refractivity contribution >= 4 is 29.3 Å². The van der Waals surface area contributed by atoms with E-state index in [1.54, 1.807) is 0 Å². The van der Waals surface area contributed by atoms with E-state index in [2.05, 4.69) is 15.5 Å². The molecule has 8 heteroatoms. The fourth-order valence-corrected chi connectivity index (χ4v) is 3.84. The maximum atomic E-state index is 12.0. The van der Waals surface area contributed by atoms with Crippen molar-refractivity contribution < 1.29 is 9.53 Å². The molecule has 6 nitrogen and oxygen atoms in total. The topological polar surface area (TPSA) is 69.0 Å².